The van der Waals surface area contributed by atoms with Crippen molar-refractivity contribution in [3.63, 3.8) is 0 Å². The minimum atomic E-state index is -3.93. The molecule has 0 fully saturated rings. The van der Waals surface area contributed by atoms with Crippen molar-refractivity contribution >= 4 is 36.4 Å². The molecule has 0 heterocycles. The zero-order chi connectivity index (χ0) is 16.0. The average molecular weight is 354 g/mol. The van der Waals surface area contributed by atoms with Gasteiger partial charge in [0.15, 0.2) is 0 Å². The zero-order valence-corrected chi connectivity index (χ0v) is 14.0. The summed E-state index contributed by atoms with van der Waals surface area (Å²) in [5.41, 5.74) is 0.0569. The van der Waals surface area contributed by atoms with Crippen LogP contribution in [0.2, 0.25) is 0 Å². The molecule has 1 N–H and O–H groups in total. The van der Waals surface area contributed by atoms with Gasteiger partial charge in [0.1, 0.15) is 5.75 Å². The minimum absolute atomic E-state index is 0.0569. The van der Waals surface area contributed by atoms with Gasteiger partial charge >= 0.3 is 0 Å². The summed E-state index contributed by atoms with van der Waals surface area (Å²) >= 11 is 0. The highest BCUT2D eigenvalue weighted by Crippen LogP contribution is 2.24. The lowest BCUT2D eigenvalue weighted by Gasteiger charge is -2.10. The van der Waals surface area contributed by atoms with Crippen molar-refractivity contribution in [1.82, 2.24) is 5.32 Å². The molecule has 1 unspecified atom stereocenters. The Hall–Kier alpha value is -1.12. The molecule has 0 saturated heterocycles. The maximum absolute atomic E-state index is 12.0. The van der Waals surface area contributed by atoms with Crippen LogP contribution in [0.15, 0.2) is 23.1 Å². The molecule has 0 spiro atoms. The fraction of sp³-hybridized carbons (Fsp3) is 0.417. The van der Waals surface area contributed by atoms with Crippen LogP contribution in [-0.2, 0) is 19.9 Å². The second-order valence-corrected chi connectivity index (χ2v) is 8.42. The zero-order valence-electron chi connectivity index (χ0n) is 11.6. The van der Waals surface area contributed by atoms with E-state index in [2.05, 4.69) is 5.32 Å². The Morgan fingerprint density at radius 3 is 2.62 bits per heavy atom. The number of hydrogen-bond acceptors (Lipinski definition) is 5. The lowest BCUT2D eigenvalue weighted by Crippen LogP contribution is -2.28. The number of ether oxygens (including phenoxy) is 1. The molecule has 0 aliphatic carbocycles. The standard InChI is InChI=1S/C12H16ClNO5S2/c1-3-20(16)7-6-14-12(15)10-8-9(21(13,17)18)4-5-11(10)19-2/h4-5,8H,3,6-7H2,1-2H3,(H,14,15). The van der Waals surface area contributed by atoms with Gasteiger partial charge in [0.2, 0.25) is 0 Å². The number of rotatable bonds is 7. The third-order valence-electron chi connectivity index (χ3n) is 2.63. The molecule has 21 heavy (non-hydrogen) atoms. The van der Waals surface area contributed by atoms with E-state index in [9.17, 15) is 17.4 Å². The number of halogens is 1. The summed E-state index contributed by atoms with van der Waals surface area (Å²) in [6.07, 6.45) is 0. The van der Waals surface area contributed by atoms with Crippen molar-refractivity contribution in [2.75, 3.05) is 25.2 Å². The maximum Gasteiger partial charge on any atom is 0.261 e. The van der Waals surface area contributed by atoms with E-state index < -0.39 is 25.8 Å². The van der Waals surface area contributed by atoms with Gasteiger partial charge in [-0.25, -0.2) is 8.42 Å². The fourth-order valence-electron chi connectivity index (χ4n) is 1.53. The van der Waals surface area contributed by atoms with Crippen molar-refractivity contribution < 1.29 is 22.2 Å². The van der Waals surface area contributed by atoms with Crippen LogP contribution in [0.4, 0.5) is 0 Å². The normalized spacial score (nSPS) is 12.7. The number of carbonyl (C=O) groups is 1. The van der Waals surface area contributed by atoms with Gasteiger partial charge in [-0.1, -0.05) is 6.92 Å². The first-order valence-corrected chi connectivity index (χ1v) is 9.85. The first kappa shape index (κ1) is 17.9. The molecule has 9 heteroatoms. The molecule has 0 bridgehead atoms. The predicted molar refractivity (Wildman–Crippen MR) is 81.9 cm³/mol. The Morgan fingerprint density at radius 2 is 2.10 bits per heavy atom. The molecule has 1 amide bonds. The summed E-state index contributed by atoms with van der Waals surface area (Å²) in [6, 6.07) is 3.76. The van der Waals surface area contributed by atoms with Gasteiger partial charge in [-0.2, -0.15) is 0 Å². The summed E-state index contributed by atoms with van der Waals surface area (Å²) in [5, 5.41) is 2.57. The van der Waals surface area contributed by atoms with E-state index in [1.807, 2.05) is 0 Å². The predicted octanol–water partition coefficient (Wildman–Crippen LogP) is 1.12. The van der Waals surface area contributed by atoms with Gasteiger partial charge in [-0.15, -0.1) is 0 Å². The van der Waals surface area contributed by atoms with Crippen LogP contribution in [0.3, 0.4) is 0 Å². The molecule has 1 aromatic rings. The van der Waals surface area contributed by atoms with Gasteiger partial charge < -0.3 is 10.1 Å². The molecule has 1 aromatic carbocycles. The summed E-state index contributed by atoms with van der Waals surface area (Å²) < 4.78 is 38.9. The summed E-state index contributed by atoms with van der Waals surface area (Å²) in [6.45, 7) is 2.01. The van der Waals surface area contributed by atoms with Crippen LogP contribution < -0.4 is 10.1 Å². The van der Waals surface area contributed by atoms with Crippen LogP contribution in [0.1, 0.15) is 17.3 Å². The molecular formula is C12H16ClNO5S2. The van der Waals surface area contributed by atoms with Gasteiger partial charge in [0.05, 0.1) is 17.6 Å². The Morgan fingerprint density at radius 1 is 1.43 bits per heavy atom. The largest absolute Gasteiger partial charge is 0.496 e. The minimum Gasteiger partial charge on any atom is -0.496 e. The van der Waals surface area contributed by atoms with Gasteiger partial charge in [0.25, 0.3) is 15.0 Å². The molecule has 0 aromatic heterocycles. The highest BCUT2D eigenvalue weighted by atomic mass is 35.7. The third-order valence-corrected chi connectivity index (χ3v) is 5.29. The molecular weight excluding hydrogens is 338 g/mol. The van der Waals surface area contributed by atoms with E-state index in [0.717, 1.165) is 6.07 Å². The first-order chi connectivity index (χ1) is 9.79. The molecule has 0 aliphatic heterocycles. The van der Waals surface area contributed by atoms with Crippen LogP contribution in [0, 0.1) is 0 Å². The van der Waals surface area contributed by atoms with E-state index in [1.54, 1.807) is 6.92 Å². The molecule has 0 aliphatic rings. The lowest BCUT2D eigenvalue weighted by atomic mass is 10.2. The second kappa shape index (κ2) is 7.77. The number of carbonyl (C=O) groups excluding carboxylic acids is 1. The summed E-state index contributed by atoms with van der Waals surface area (Å²) in [5.74, 6) is 0.562. The molecule has 0 radical (unpaired) electrons. The number of nitrogens with one attached hydrogen (secondary N) is 1. The van der Waals surface area contributed by atoms with Crippen LogP contribution in [0.25, 0.3) is 0 Å². The smallest absolute Gasteiger partial charge is 0.261 e. The second-order valence-electron chi connectivity index (χ2n) is 3.99. The summed E-state index contributed by atoms with van der Waals surface area (Å²) in [4.78, 5) is 11.9. The van der Waals surface area contributed by atoms with E-state index in [4.69, 9.17) is 15.4 Å². The quantitative estimate of drug-likeness (QED) is 0.742. The van der Waals surface area contributed by atoms with Crippen molar-refractivity contribution in [3.05, 3.63) is 23.8 Å². The lowest BCUT2D eigenvalue weighted by molar-refractivity contribution is 0.0953. The first-order valence-electron chi connectivity index (χ1n) is 6.05. The summed E-state index contributed by atoms with van der Waals surface area (Å²) in [7, 11) is 1.70. The number of methoxy groups -OCH3 is 1. The van der Waals surface area contributed by atoms with E-state index in [1.165, 1.54) is 19.2 Å². The topological polar surface area (TPSA) is 89.5 Å². The Kier molecular flexibility index (Phi) is 6.63. The molecule has 1 rings (SSSR count). The van der Waals surface area contributed by atoms with E-state index in [-0.39, 0.29) is 22.8 Å². The van der Waals surface area contributed by atoms with Crippen LogP contribution in [-0.4, -0.2) is 43.7 Å². The van der Waals surface area contributed by atoms with Crippen LogP contribution >= 0.6 is 10.7 Å². The van der Waals surface area contributed by atoms with E-state index in [0.29, 0.717) is 11.5 Å². The van der Waals surface area contributed by atoms with Crippen LogP contribution in [0.5, 0.6) is 5.75 Å². The SMILES string of the molecule is CCS(=O)CCNC(=O)c1cc(S(=O)(=O)Cl)ccc1OC. The monoisotopic (exact) mass is 353 g/mol. The Balaban J connectivity index is 2.94. The van der Waals surface area contributed by atoms with Gasteiger partial charge in [0, 0.05) is 39.5 Å². The van der Waals surface area contributed by atoms with E-state index >= 15 is 0 Å². The average Bonchev–Trinajstić information content (AvgIpc) is 2.45. The Labute approximate surface area is 130 Å². The van der Waals surface area contributed by atoms with Crippen molar-refractivity contribution in [3.8, 4) is 5.75 Å². The highest BCUT2D eigenvalue weighted by Gasteiger charge is 2.18. The molecule has 1 atom stereocenters. The number of hydrogen-bond donors (Lipinski definition) is 1. The maximum atomic E-state index is 12.0. The van der Waals surface area contributed by atoms with Crippen molar-refractivity contribution in [2.45, 2.75) is 11.8 Å². The highest BCUT2D eigenvalue weighted by molar-refractivity contribution is 8.13. The fourth-order valence-corrected chi connectivity index (χ4v) is 2.93. The molecule has 6 nitrogen and oxygen atoms in total. The molecule has 0 saturated carbocycles. The van der Waals surface area contributed by atoms with Gasteiger partial charge in [-0.3, -0.25) is 9.00 Å². The molecule has 118 valence electrons. The number of benzene rings is 1. The number of amides is 1. The van der Waals surface area contributed by atoms with Crippen molar-refractivity contribution in [1.29, 1.82) is 0 Å². The van der Waals surface area contributed by atoms with Crippen molar-refractivity contribution in [2.24, 2.45) is 0 Å². The third kappa shape index (κ3) is 5.29. The van der Waals surface area contributed by atoms with Gasteiger partial charge in [-0.05, 0) is 18.2 Å². The Bertz CT molecular complexity index is 645.